The minimum absolute atomic E-state index is 0.432. The number of nitrogens with zero attached hydrogens (tertiary/aromatic N) is 2. The lowest BCUT2D eigenvalue weighted by atomic mass is 9.94. The summed E-state index contributed by atoms with van der Waals surface area (Å²) in [4.78, 5) is 0. The Morgan fingerprint density at radius 1 is 1.40 bits per heavy atom. The van der Waals surface area contributed by atoms with E-state index >= 15 is 0 Å². The SMILES string of the molecule is CC(NC1CCCCC1)c1cnn(C)c1. The number of hydrogen-bond acceptors (Lipinski definition) is 2. The Morgan fingerprint density at radius 3 is 2.73 bits per heavy atom. The zero-order valence-corrected chi connectivity index (χ0v) is 9.74. The van der Waals surface area contributed by atoms with E-state index in [1.807, 2.05) is 17.9 Å². The average molecular weight is 207 g/mol. The average Bonchev–Trinajstić information content (AvgIpc) is 2.66. The van der Waals surface area contributed by atoms with Gasteiger partial charge in [0.25, 0.3) is 0 Å². The topological polar surface area (TPSA) is 29.9 Å². The number of aromatic nitrogens is 2. The van der Waals surface area contributed by atoms with E-state index in [0.29, 0.717) is 12.1 Å². The first-order valence-corrected chi connectivity index (χ1v) is 6.00. The molecule has 1 saturated carbocycles. The summed E-state index contributed by atoms with van der Waals surface area (Å²) in [5.74, 6) is 0. The zero-order valence-electron chi connectivity index (χ0n) is 9.74. The Kier molecular flexibility index (Phi) is 3.41. The van der Waals surface area contributed by atoms with E-state index in [1.165, 1.54) is 37.7 Å². The van der Waals surface area contributed by atoms with Crippen LogP contribution in [0.2, 0.25) is 0 Å². The molecule has 0 amide bonds. The van der Waals surface area contributed by atoms with E-state index in [4.69, 9.17) is 0 Å². The quantitative estimate of drug-likeness (QED) is 0.825. The highest BCUT2D eigenvalue weighted by Gasteiger charge is 2.16. The molecule has 1 aromatic heterocycles. The lowest BCUT2D eigenvalue weighted by Gasteiger charge is -2.26. The predicted octanol–water partition coefficient (Wildman–Crippen LogP) is 2.40. The Bertz CT molecular complexity index is 300. The maximum Gasteiger partial charge on any atom is 0.0537 e. The fourth-order valence-corrected chi connectivity index (χ4v) is 2.38. The van der Waals surface area contributed by atoms with Crippen molar-refractivity contribution >= 4 is 0 Å². The second kappa shape index (κ2) is 4.79. The molecule has 0 saturated heterocycles. The van der Waals surface area contributed by atoms with Crippen molar-refractivity contribution in [2.45, 2.75) is 51.1 Å². The molecule has 0 bridgehead atoms. The van der Waals surface area contributed by atoms with Crippen molar-refractivity contribution in [3.63, 3.8) is 0 Å². The third-order valence-corrected chi connectivity index (χ3v) is 3.32. The van der Waals surface area contributed by atoms with Crippen molar-refractivity contribution in [1.82, 2.24) is 15.1 Å². The molecule has 3 nitrogen and oxygen atoms in total. The molecule has 1 aliphatic rings. The zero-order chi connectivity index (χ0) is 10.7. The van der Waals surface area contributed by atoms with Crippen LogP contribution in [0.3, 0.4) is 0 Å². The molecule has 1 aromatic rings. The Hall–Kier alpha value is -0.830. The van der Waals surface area contributed by atoms with Crippen LogP contribution in [0.5, 0.6) is 0 Å². The Balaban J connectivity index is 1.88. The van der Waals surface area contributed by atoms with Crippen LogP contribution in [-0.4, -0.2) is 15.8 Å². The lowest BCUT2D eigenvalue weighted by molar-refractivity contribution is 0.347. The molecule has 0 aliphatic heterocycles. The smallest absolute Gasteiger partial charge is 0.0537 e. The molecule has 2 rings (SSSR count). The van der Waals surface area contributed by atoms with Crippen molar-refractivity contribution < 1.29 is 0 Å². The summed E-state index contributed by atoms with van der Waals surface area (Å²) in [6.07, 6.45) is 10.9. The molecule has 1 heterocycles. The van der Waals surface area contributed by atoms with Gasteiger partial charge in [-0.3, -0.25) is 4.68 Å². The second-order valence-corrected chi connectivity index (χ2v) is 4.67. The largest absolute Gasteiger partial charge is 0.307 e. The van der Waals surface area contributed by atoms with E-state index in [2.05, 4.69) is 23.5 Å². The standard InChI is InChI=1S/C12H21N3/c1-10(11-8-13-15(2)9-11)14-12-6-4-3-5-7-12/h8-10,12,14H,3-7H2,1-2H3. The molecule has 1 aliphatic carbocycles. The molecule has 0 aromatic carbocycles. The molecular weight excluding hydrogens is 186 g/mol. The molecule has 1 N–H and O–H groups in total. The highest BCUT2D eigenvalue weighted by molar-refractivity contribution is 5.09. The van der Waals surface area contributed by atoms with Gasteiger partial charge in [0, 0.05) is 30.9 Å². The Labute approximate surface area is 91.9 Å². The maximum atomic E-state index is 4.21. The molecule has 15 heavy (non-hydrogen) atoms. The van der Waals surface area contributed by atoms with Crippen LogP contribution in [-0.2, 0) is 7.05 Å². The summed E-state index contributed by atoms with van der Waals surface area (Å²) in [6, 6.07) is 1.15. The van der Waals surface area contributed by atoms with Gasteiger partial charge < -0.3 is 5.32 Å². The van der Waals surface area contributed by atoms with Gasteiger partial charge in [-0.2, -0.15) is 5.10 Å². The van der Waals surface area contributed by atoms with E-state index in [1.54, 1.807) is 0 Å². The van der Waals surface area contributed by atoms with Crippen LogP contribution in [0, 0.1) is 0 Å². The second-order valence-electron chi connectivity index (χ2n) is 4.67. The van der Waals surface area contributed by atoms with Crippen molar-refractivity contribution in [1.29, 1.82) is 0 Å². The third-order valence-electron chi connectivity index (χ3n) is 3.32. The van der Waals surface area contributed by atoms with E-state index in [9.17, 15) is 0 Å². The van der Waals surface area contributed by atoms with E-state index in [-0.39, 0.29) is 0 Å². The molecule has 1 fully saturated rings. The molecule has 1 unspecified atom stereocenters. The molecule has 1 atom stereocenters. The highest BCUT2D eigenvalue weighted by Crippen LogP contribution is 2.21. The molecule has 0 radical (unpaired) electrons. The van der Waals surface area contributed by atoms with Crippen LogP contribution in [0.4, 0.5) is 0 Å². The van der Waals surface area contributed by atoms with Gasteiger partial charge >= 0.3 is 0 Å². The summed E-state index contributed by atoms with van der Waals surface area (Å²) in [7, 11) is 1.97. The summed E-state index contributed by atoms with van der Waals surface area (Å²) in [5.41, 5.74) is 1.29. The van der Waals surface area contributed by atoms with E-state index < -0.39 is 0 Å². The van der Waals surface area contributed by atoms with Gasteiger partial charge in [-0.05, 0) is 19.8 Å². The minimum atomic E-state index is 0.432. The van der Waals surface area contributed by atoms with Crippen LogP contribution in [0.1, 0.15) is 50.6 Å². The van der Waals surface area contributed by atoms with Gasteiger partial charge in [-0.15, -0.1) is 0 Å². The van der Waals surface area contributed by atoms with Crippen molar-refractivity contribution in [2.24, 2.45) is 7.05 Å². The summed E-state index contributed by atoms with van der Waals surface area (Å²) < 4.78 is 1.87. The first-order chi connectivity index (χ1) is 7.25. The number of aryl methyl sites for hydroxylation is 1. The molecular formula is C12H21N3. The fraction of sp³-hybridized carbons (Fsp3) is 0.750. The summed E-state index contributed by atoms with van der Waals surface area (Å²) >= 11 is 0. The van der Waals surface area contributed by atoms with Crippen LogP contribution >= 0.6 is 0 Å². The predicted molar refractivity (Wildman–Crippen MR) is 61.6 cm³/mol. The molecule has 0 spiro atoms. The number of rotatable bonds is 3. The van der Waals surface area contributed by atoms with Gasteiger partial charge in [-0.25, -0.2) is 0 Å². The van der Waals surface area contributed by atoms with Crippen LogP contribution < -0.4 is 5.32 Å². The first-order valence-electron chi connectivity index (χ1n) is 6.00. The normalized spacial score (nSPS) is 20.4. The summed E-state index contributed by atoms with van der Waals surface area (Å²) in [6.45, 7) is 2.23. The third kappa shape index (κ3) is 2.81. The van der Waals surface area contributed by atoms with Gasteiger partial charge in [0.1, 0.15) is 0 Å². The van der Waals surface area contributed by atoms with Crippen molar-refractivity contribution in [3.8, 4) is 0 Å². The van der Waals surface area contributed by atoms with E-state index in [0.717, 1.165) is 0 Å². The Morgan fingerprint density at radius 2 is 2.13 bits per heavy atom. The van der Waals surface area contributed by atoms with Gasteiger partial charge in [0.05, 0.1) is 6.20 Å². The monoisotopic (exact) mass is 207 g/mol. The number of nitrogens with one attached hydrogen (secondary N) is 1. The van der Waals surface area contributed by atoms with Crippen LogP contribution in [0.25, 0.3) is 0 Å². The maximum absolute atomic E-state index is 4.21. The highest BCUT2D eigenvalue weighted by atomic mass is 15.2. The minimum Gasteiger partial charge on any atom is -0.307 e. The van der Waals surface area contributed by atoms with Gasteiger partial charge in [-0.1, -0.05) is 19.3 Å². The van der Waals surface area contributed by atoms with Gasteiger partial charge in [0.2, 0.25) is 0 Å². The summed E-state index contributed by atoms with van der Waals surface area (Å²) in [5, 5.41) is 7.90. The van der Waals surface area contributed by atoms with Crippen LogP contribution in [0.15, 0.2) is 12.4 Å². The number of hydrogen-bond donors (Lipinski definition) is 1. The van der Waals surface area contributed by atoms with Gasteiger partial charge in [0.15, 0.2) is 0 Å². The van der Waals surface area contributed by atoms with Crippen molar-refractivity contribution in [2.75, 3.05) is 0 Å². The molecule has 3 heteroatoms. The molecule has 84 valence electrons. The van der Waals surface area contributed by atoms with Crippen molar-refractivity contribution in [3.05, 3.63) is 18.0 Å². The fourth-order valence-electron chi connectivity index (χ4n) is 2.38. The first kappa shape index (κ1) is 10.7. The lowest BCUT2D eigenvalue weighted by Crippen LogP contribution is -2.33.